The molecule has 0 N–H and O–H groups in total. The van der Waals surface area contributed by atoms with Gasteiger partial charge < -0.3 is 0 Å². The number of halogens is 1. The highest BCUT2D eigenvalue weighted by molar-refractivity contribution is 5.14. The second kappa shape index (κ2) is 5.18. The molecule has 17 heavy (non-hydrogen) atoms. The van der Waals surface area contributed by atoms with Gasteiger partial charge in [0, 0.05) is 13.1 Å². The molecule has 1 aromatic rings. The van der Waals surface area contributed by atoms with Crippen molar-refractivity contribution in [3.05, 3.63) is 35.9 Å². The number of piperidine rings is 1. The number of hydrogen-bond donors (Lipinski definition) is 0. The topological polar surface area (TPSA) is 3.24 Å². The van der Waals surface area contributed by atoms with E-state index in [9.17, 15) is 4.39 Å². The molecule has 2 rings (SSSR count). The standard InChI is InChI=1S/C15H22FN/c1-13(2)15(16)9-6-10-17(12-15)11-14-7-4-3-5-8-14/h3-5,7-8,13H,6,9-12H2,1-2H3. The Balaban J connectivity index is 1.99. The summed E-state index contributed by atoms with van der Waals surface area (Å²) in [6.45, 7) is 6.46. The van der Waals surface area contributed by atoms with Gasteiger partial charge in [-0.15, -0.1) is 0 Å². The lowest BCUT2D eigenvalue weighted by molar-refractivity contribution is 0.00492. The predicted molar refractivity (Wildman–Crippen MR) is 69.6 cm³/mol. The summed E-state index contributed by atoms with van der Waals surface area (Å²) < 4.78 is 14.6. The van der Waals surface area contributed by atoms with Crippen molar-refractivity contribution < 1.29 is 4.39 Å². The predicted octanol–water partition coefficient (Wildman–Crippen LogP) is 3.65. The van der Waals surface area contributed by atoms with Gasteiger partial charge in [-0.1, -0.05) is 44.2 Å². The number of alkyl halides is 1. The Hall–Kier alpha value is -0.890. The molecule has 0 saturated carbocycles. The van der Waals surface area contributed by atoms with Crippen LogP contribution in [0, 0.1) is 5.92 Å². The third kappa shape index (κ3) is 3.06. The van der Waals surface area contributed by atoms with E-state index in [1.165, 1.54) is 5.56 Å². The lowest BCUT2D eigenvalue weighted by atomic mass is 9.84. The summed E-state index contributed by atoms with van der Waals surface area (Å²) in [7, 11) is 0. The molecular formula is C15H22FN. The summed E-state index contributed by atoms with van der Waals surface area (Å²) in [5.41, 5.74) is 0.285. The lowest BCUT2D eigenvalue weighted by Crippen LogP contribution is -2.47. The van der Waals surface area contributed by atoms with Crippen LogP contribution in [0.2, 0.25) is 0 Å². The Morgan fingerprint density at radius 3 is 2.65 bits per heavy atom. The quantitative estimate of drug-likeness (QED) is 0.773. The molecule has 1 atom stereocenters. The zero-order valence-corrected chi connectivity index (χ0v) is 10.8. The van der Waals surface area contributed by atoms with Crippen molar-refractivity contribution in [3.63, 3.8) is 0 Å². The minimum Gasteiger partial charge on any atom is -0.296 e. The number of benzene rings is 1. The first kappa shape index (κ1) is 12.6. The van der Waals surface area contributed by atoms with Crippen LogP contribution in [-0.4, -0.2) is 23.7 Å². The Kier molecular flexibility index (Phi) is 3.82. The van der Waals surface area contributed by atoms with Crippen molar-refractivity contribution in [2.75, 3.05) is 13.1 Å². The average Bonchev–Trinajstić information content (AvgIpc) is 2.30. The molecule has 0 aliphatic carbocycles. The van der Waals surface area contributed by atoms with Crippen LogP contribution < -0.4 is 0 Å². The molecule has 0 aromatic heterocycles. The van der Waals surface area contributed by atoms with Crippen LogP contribution >= 0.6 is 0 Å². The van der Waals surface area contributed by atoms with Crippen LogP contribution in [0.25, 0.3) is 0 Å². The van der Waals surface area contributed by atoms with E-state index in [-0.39, 0.29) is 5.92 Å². The maximum atomic E-state index is 14.6. The van der Waals surface area contributed by atoms with Crippen LogP contribution in [0.4, 0.5) is 4.39 Å². The van der Waals surface area contributed by atoms with Gasteiger partial charge in [-0.25, -0.2) is 4.39 Å². The smallest absolute Gasteiger partial charge is 0.126 e. The third-order valence-electron chi connectivity index (χ3n) is 3.84. The molecule has 0 bridgehead atoms. The molecule has 1 aliphatic heterocycles. The zero-order chi connectivity index (χ0) is 12.3. The van der Waals surface area contributed by atoms with Gasteiger partial charge in [-0.3, -0.25) is 4.90 Å². The van der Waals surface area contributed by atoms with Crippen LogP contribution in [-0.2, 0) is 6.54 Å². The van der Waals surface area contributed by atoms with Crippen LogP contribution in [0.15, 0.2) is 30.3 Å². The maximum Gasteiger partial charge on any atom is 0.126 e. The molecule has 1 fully saturated rings. The van der Waals surface area contributed by atoms with Gasteiger partial charge in [0.2, 0.25) is 0 Å². The van der Waals surface area contributed by atoms with Crippen molar-refractivity contribution >= 4 is 0 Å². The molecule has 1 aliphatic rings. The van der Waals surface area contributed by atoms with E-state index in [2.05, 4.69) is 17.0 Å². The Morgan fingerprint density at radius 1 is 1.29 bits per heavy atom. The van der Waals surface area contributed by atoms with Gasteiger partial charge in [0.15, 0.2) is 0 Å². The second-order valence-corrected chi connectivity index (χ2v) is 5.49. The SMILES string of the molecule is CC(C)C1(F)CCCN(Cc2ccccc2)C1. The van der Waals surface area contributed by atoms with Crippen molar-refractivity contribution in [2.45, 2.75) is 38.9 Å². The fraction of sp³-hybridized carbons (Fsp3) is 0.600. The van der Waals surface area contributed by atoms with E-state index in [0.717, 1.165) is 25.9 Å². The molecular weight excluding hydrogens is 213 g/mol. The van der Waals surface area contributed by atoms with Crippen LogP contribution in [0.1, 0.15) is 32.3 Å². The Morgan fingerprint density at radius 2 is 2.00 bits per heavy atom. The van der Waals surface area contributed by atoms with Crippen LogP contribution in [0.3, 0.4) is 0 Å². The van der Waals surface area contributed by atoms with E-state index >= 15 is 0 Å². The molecule has 0 amide bonds. The minimum absolute atomic E-state index is 0.112. The molecule has 1 unspecified atom stereocenters. The van der Waals surface area contributed by atoms with E-state index in [1.807, 2.05) is 32.0 Å². The largest absolute Gasteiger partial charge is 0.296 e. The fourth-order valence-corrected chi connectivity index (χ4v) is 2.57. The maximum absolute atomic E-state index is 14.6. The van der Waals surface area contributed by atoms with E-state index in [0.29, 0.717) is 6.54 Å². The van der Waals surface area contributed by atoms with E-state index < -0.39 is 5.67 Å². The molecule has 0 spiro atoms. The van der Waals surface area contributed by atoms with Crippen molar-refractivity contribution in [3.8, 4) is 0 Å². The molecule has 2 heteroatoms. The van der Waals surface area contributed by atoms with E-state index in [1.54, 1.807) is 0 Å². The van der Waals surface area contributed by atoms with Gasteiger partial charge in [0.1, 0.15) is 5.67 Å². The van der Waals surface area contributed by atoms with Crippen molar-refractivity contribution in [1.82, 2.24) is 4.90 Å². The monoisotopic (exact) mass is 235 g/mol. The van der Waals surface area contributed by atoms with Crippen LogP contribution in [0.5, 0.6) is 0 Å². The first-order valence-corrected chi connectivity index (χ1v) is 6.55. The number of likely N-dealkylation sites (tertiary alicyclic amines) is 1. The van der Waals surface area contributed by atoms with Gasteiger partial charge in [0.25, 0.3) is 0 Å². The highest BCUT2D eigenvalue weighted by Crippen LogP contribution is 2.32. The summed E-state index contributed by atoms with van der Waals surface area (Å²) in [6.07, 6.45) is 1.69. The summed E-state index contributed by atoms with van der Waals surface area (Å²) >= 11 is 0. The van der Waals surface area contributed by atoms with Gasteiger partial charge in [0.05, 0.1) is 0 Å². The normalized spacial score (nSPS) is 26.4. The Bertz CT molecular complexity index is 349. The molecule has 0 radical (unpaired) electrons. The van der Waals surface area contributed by atoms with Crippen molar-refractivity contribution in [2.24, 2.45) is 5.92 Å². The van der Waals surface area contributed by atoms with E-state index in [4.69, 9.17) is 0 Å². The highest BCUT2D eigenvalue weighted by Gasteiger charge is 2.38. The zero-order valence-electron chi connectivity index (χ0n) is 10.8. The molecule has 1 aromatic carbocycles. The summed E-state index contributed by atoms with van der Waals surface area (Å²) in [5, 5.41) is 0. The molecule has 94 valence electrons. The Labute approximate surface area is 104 Å². The average molecular weight is 235 g/mol. The molecule has 1 saturated heterocycles. The summed E-state index contributed by atoms with van der Waals surface area (Å²) in [5.74, 6) is 0.112. The van der Waals surface area contributed by atoms with Gasteiger partial charge in [-0.2, -0.15) is 0 Å². The van der Waals surface area contributed by atoms with Gasteiger partial charge in [-0.05, 0) is 30.9 Å². The first-order valence-electron chi connectivity index (χ1n) is 6.55. The number of rotatable bonds is 3. The third-order valence-corrected chi connectivity index (χ3v) is 3.84. The number of hydrogen-bond acceptors (Lipinski definition) is 1. The highest BCUT2D eigenvalue weighted by atomic mass is 19.1. The summed E-state index contributed by atoms with van der Waals surface area (Å²) in [6, 6.07) is 10.3. The lowest BCUT2D eigenvalue weighted by Gasteiger charge is -2.39. The fourth-order valence-electron chi connectivity index (χ4n) is 2.57. The van der Waals surface area contributed by atoms with Crippen molar-refractivity contribution in [1.29, 1.82) is 0 Å². The first-order chi connectivity index (χ1) is 8.10. The molecule has 1 heterocycles. The summed E-state index contributed by atoms with van der Waals surface area (Å²) in [4.78, 5) is 2.25. The number of nitrogens with zero attached hydrogens (tertiary/aromatic N) is 1. The van der Waals surface area contributed by atoms with Gasteiger partial charge >= 0.3 is 0 Å². The molecule has 1 nitrogen and oxygen atoms in total. The second-order valence-electron chi connectivity index (χ2n) is 5.49. The minimum atomic E-state index is -0.993.